The first-order chi connectivity index (χ1) is 13.7. The number of benzene rings is 2. The summed E-state index contributed by atoms with van der Waals surface area (Å²) in [5.41, 5.74) is 2.84. The minimum absolute atomic E-state index is 0.104. The molecule has 1 saturated heterocycles. The smallest absolute Gasteiger partial charge is 0.257 e. The maximum Gasteiger partial charge on any atom is 0.257 e. The minimum atomic E-state index is 0.104. The molecule has 6 heteroatoms. The first-order valence-corrected chi connectivity index (χ1v) is 9.65. The molecular formula is C22H24N4O2. The summed E-state index contributed by atoms with van der Waals surface area (Å²) in [5, 5.41) is 4.12. The first-order valence-electron chi connectivity index (χ1n) is 9.65. The first kappa shape index (κ1) is 18.4. The average Bonchev–Trinajstić information content (AvgIpc) is 3.07. The number of rotatable bonds is 4. The molecule has 0 saturated carbocycles. The van der Waals surface area contributed by atoms with Gasteiger partial charge >= 0.3 is 0 Å². The van der Waals surface area contributed by atoms with Crippen LogP contribution in [0.1, 0.15) is 28.2 Å². The molecule has 1 aliphatic heterocycles. The molecule has 1 amide bonds. The summed E-state index contributed by atoms with van der Waals surface area (Å²) in [4.78, 5) is 21.5. The highest BCUT2D eigenvalue weighted by molar-refractivity contribution is 5.94. The Balaban J connectivity index is 1.36. The molecule has 1 fully saturated rings. The quantitative estimate of drug-likeness (QED) is 0.698. The molecule has 0 radical (unpaired) electrons. The van der Waals surface area contributed by atoms with Gasteiger partial charge in [0.15, 0.2) is 5.82 Å². The highest BCUT2D eigenvalue weighted by Crippen LogP contribution is 2.17. The van der Waals surface area contributed by atoms with Gasteiger partial charge in [-0.1, -0.05) is 41.1 Å². The van der Waals surface area contributed by atoms with E-state index in [4.69, 9.17) is 4.52 Å². The Bertz CT molecular complexity index is 921. The van der Waals surface area contributed by atoms with Crippen LogP contribution in [-0.4, -0.2) is 52.0 Å². The van der Waals surface area contributed by atoms with Gasteiger partial charge in [0.25, 0.3) is 11.8 Å². The summed E-state index contributed by atoms with van der Waals surface area (Å²) in [6.07, 6.45) is 0.932. The fraction of sp³-hybridized carbons (Fsp3) is 0.318. The Morgan fingerprint density at radius 1 is 1.00 bits per heavy atom. The predicted octanol–water partition coefficient (Wildman–Crippen LogP) is 3.39. The number of aryl methyl sites for hydroxylation is 1. The lowest BCUT2D eigenvalue weighted by Crippen LogP contribution is -2.35. The fourth-order valence-corrected chi connectivity index (χ4v) is 3.43. The SMILES string of the molecule is Cc1ccc(C(=O)N2CCCN(Cc3noc(-c4ccccc4)n3)CC2)cc1. The van der Waals surface area contributed by atoms with Gasteiger partial charge in [-0.25, -0.2) is 0 Å². The summed E-state index contributed by atoms with van der Waals surface area (Å²) in [6.45, 7) is 5.84. The number of hydrogen-bond donors (Lipinski definition) is 0. The molecule has 1 aliphatic rings. The molecule has 0 atom stereocenters. The average molecular weight is 376 g/mol. The molecule has 28 heavy (non-hydrogen) atoms. The number of amides is 1. The molecule has 0 aliphatic carbocycles. The van der Waals surface area contributed by atoms with Gasteiger partial charge in [-0.05, 0) is 37.6 Å². The molecule has 0 N–H and O–H groups in total. The van der Waals surface area contributed by atoms with Gasteiger partial charge in [-0.3, -0.25) is 9.69 Å². The number of hydrogen-bond acceptors (Lipinski definition) is 5. The Morgan fingerprint density at radius 2 is 1.79 bits per heavy atom. The van der Waals surface area contributed by atoms with E-state index in [-0.39, 0.29) is 5.91 Å². The Labute approximate surface area is 164 Å². The minimum Gasteiger partial charge on any atom is -0.337 e. The molecule has 0 unspecified atom stereocenters. The third-order valence-corrected chi connectivity index (χ3v) is 5.03. The second-order valence-electron chi connectivity index (χ2n) is 7.17. The van der Waals surface area contributed by atoms with Crippen molar-refractivity contribution >= 4 is 5.91 Å². The molecule has 0 bridgehead atoms. The summed E-state index contributed by atoms with van der Waals surface area (Å²) < 4.78 is 5.40. The topological polar surface area (TPSA) is 62.5 Å². The van der Waals surface area contributed by atoms with E-state index < -0.39 is 0 Å². The van der Waals surface area contributed by atoms with Gasteiger partial charge in [0.2, 0.25) is 0 Å². The van der Waals surface area contributed by atoms with Crippen molar-refractivity contribution < 1.29 is 9.32 Å². The van der Waals surface area contributed by atoms with Crippen molar-refractivity contribution in [1.29, 1.82) is 0 Å². The maximum atomic E-state index is 12.8. The third kappa shape index (κ3) is 4.28. The van der Waals surface area contributed by atoms with Crippen LogP contribution in [0.15, 0.2) is 59.1 Å². The number of carbonyl (C=O) groups is 1. The number of nitrogens with zero attached hydrogens (tertiary/aromatic N) is 4. The van der Waals surface area contributed by atoms with Gasteiger partial charge < -0.3 is 9.42 Å². The van der Waals surface area contributed by atoms with Gasteiger partial charge in [0.1, 0.15) is 0 Å². The van der Waals surface area contributed by atoms with Crippen LogP contribution >= 0.6 is 0 Å². The van der Waals surface area contributed by atoms with Crippen LogP contribution in [-0.2, 0) is 6.54 Å². The summed E-state index contributed by atoms with van der Waals surface area (Å²) in [5.74, 6) is 1.33. The van der Waals surface area contributed by atoms with Gasteiger partial charge in [0, 0.05) is 37.3 Å². The zero-order valence-corrected chi connectivity index (χ0v) is 16.0. The van der Waals surface area contributed by atoms with Crippen molar-refractivity contribution in [3.8, 4) is 11.5 Å². The van der Waals surface area contributed by atoms with Gasteiger partial charge in [0.05, 0.1) is 6.54 Å². The monoisotopic (exact) mass is 376 g/mol. The highest BCUT2D eigenvalue weighted by Gasteiger charge is 2.21. The molecule has 0 spiro atoms. The van der Waals surface area contributed by atoms with Crippen LogP contribution < -0.4 is 0 Å². The van der Waals surface area contributed by atoms with Crippen molar-refractivity contribution in [2.45, 2.75) is 19.9 Å². The zero-order valence-electron chi connectivity index (χ0n) is 16.0. The van der Waals surface area contributed by atoms with E-state index in [1.807, 2.05) is 66.4 Å². The second kappa shape index (κ2) is 8.35. The van der Waals surface area contributed by atoms with E-state index in [9.17, 15) is 4.79 Å². The van der Waals surface area contributed by atoms with E-state index in [1.165, 1.54) is 0 Å². The summed E-state index contributed by atoms with van der Waals surface area (Å²) >= 11 is 0. The van der Waals surface area contributed by atoms with Crippen LogP contribution in [0.5, 0.6) is 0 Å². The molecule has 2 heterocycles. The van der Waals surface area contributed by atoms with Gasteiger partial charge in [-0.15, -0.1) is 0 Å². The van der Waals surface area contributed by atoms with Crippen molar-refractivity contribution in [3.63, 3.8) is 0 Å². The van der Waals surface area contributed by atoms with Crippen molar-refractivity contribution in [2.24, 2.45) is 0 Å². The summed E-state index contributed by atoms with van der Waals surface area (Å²) in [7, 11) is 0. The van der Waals surface area contributed by atoms with Crippen molar-refractivity contribution in [2.75, 3.05) is 26.2 Å². The molecule has 144 valence electrons. The Hall–Kier alpha value is -2.99. The number of aromatic nitrogens is 2. The normalized spacial score (nSPS) is 15.4. The number of carbonyl (C=O) groups excluding carboxylic acids is 1. The van der Waals surface area contributed by atoms with Crippen LogP contribution in [0.4, 0.5) is 0 Å². The third-order valence-electron chi connectivity index (χ3n) is 5.03. The Morgan fingerprint density at radius 3 is 2.57 bits per heavy atom. The van der Waals surface area contributed by atoms with Crippen LogP contribution in [0.3, 0.4) is 0 Å². The fourth-order valence-electron chi connectivity index (χ4n) is 3.43. The zero-order chi connectivity index (χ0) is 19.3. The molecule has 4 rings (SSSR count). The molecule has 2 aromatic carbocycles. The Kier molecular flexibility index (Phi) is 5.48. The van der Waals surface area contributed by atoms with Crippen LogP contribution in [0.25, 0.3) is 11.5 Å². The lowest BCUT2D eigenvalue weighted by atomic mass is 10.1. The maximum absolute atomic E-state index is 12.8. The highest BCUT2D eigenvalue weighted by atomic mass is 16.5. The van der Waals surface area contributed by atoms with Crippen molar-refractivity contribution in [3.05, 3.63) is 71.5 Å². The second-order valence-corrected chi connectivity index (χ2v) is 7.17. The van der Waals surface area contributed by atoms with E-state index in [0.29, 0.717) is 24.8 Å². The van der Waals surface area contributed by atoms with E-state index >= 15 is 0 Å². The predicted molar refractivity (Wildman–Crippen MR) is 107 cm³/mol. The van der Waals surface area contributed by atoms with Crippen molar-refractivity contribution in [1.82, 2.24) is 19.9 Å². The molecular weight excluding hydrogens is 352 g/mol. The van der Waals surface area contributed by atoms with Crippen LogP contribution in [0.2, 0.25) is 0 Å². The van der Waals surface area contributed by atoms with Crippen LogP contribution in [0, 0.1) is 6.92 Å². The molecule has 3 aromatic rings. The lowest BCUT2D eigenvalue weighted by molar-refractivity contribution is 0.0761. The molecule has 6 nitrogen and oxygen atoms in total. The van der Waals surface area contributed by atoms with E-state index in [0.717, 1.165) is 42.7 Å². The summed E-state index contributed by atoms with van der Waals surface area (Å²) in [6, 6.07) is 17.6. The van der Waals surface area contributed by atoms with Gasteiger partial charge in [-0.2, -0.15) is 4.98 Å². The lowest BCUT2D eigenvalue weighted by Gasteiger charge is -2.21. The largest absolute Gasteiger partial charge is 0.337 e. The van der Waals surface area contributed by atoms with E-state index in [1.54, 1.807) is 0 Å². The molecule has 1 aromatic heterocycles. The standard InChI is InChI=1S/C22H24N4O2/c1-17-8-10-19(11-9-17)22(27)26-13-5-12-25(14-15-26)16-20-23-21(28-24-20)18-6-3-2-4-7-18/h2-4,6-11H,5,12-16H2,1H3. The van der Waals surface area contributed by atoms with E-state index in [2.05, 4.69) is 15.0 Å².